The Bertz CT molecular complexity index is 1400. The van der Waals surface area contributed by atoms with Gasteiger partial charge in [0.2, 0.25) is 11.7 Å². The largest absolute Gasteiger partial charge is 0.496 e. The minimum absolute atomic E-state index is 0.0792. The van der Waals surface area contributed by atoms with Gasteiger partial charge in [-0.1, -0.05) is 39.3 Å². The summed E-state index contributed by atoms with van der Waals surface area (Å²) < 4.78 is 11.3. The molecule has 4 rings (SSSR count). The van der Waals surface area contributed by atoms with Crippen molar-refractivity contribution < 1.29 is 38.3 Å². The molecule has 2 aliphatic heterocycles. The van der Waals surface area contributed by atoms with Crippen LogP contribution in [0.1, 0.15) is 109 Å². The van der Waals surface area contributed by atoms with E-state index in [1.807, 2.05) is 53.7 Å². The van der Waals surface area contributed by atoms with Gasteiger partial charge in [-0.15, -0.1) is 0 Å². The van der Waals surface area contributed by atoms with Crippen LogP contribution in [0.4, 0.5) is 0 Å². The van der Waals surface area contributed by atoms with E-state index in [2.05, 4.69) is 5.16 Å². The Labute approximate surface area is 277 Å². The number of benzene rings is 1. The van der Waals surface area contributed by atoms with E-state index in [1.54, 1.807) is 7.11 Å². The number of rotatable bonds is 13. The molecule has 1 saturated carbocycles. The maximum Gasteiger partial charge on any atom is 0.306 e. The summed E-state index contributed by atoms with van der Waals surface area (Å²) in [5.74, 6) is -3.85. The number of hydrogen-bond donors (Lipinski definition) is 1. The van der Waals surface area contributed by atoms with Gasteiger partial charge >= 0.3 is 5.97 Å². The van der Waals surface area contributed by atoms with Crippen LogP contribution in [0, 0.1) is 31.1 Å². The van der Waals surface area contributed by atoms with Crippen LogP contribution < -0.4 is 10.5 Å². The fourth-order valence-corrected chi connectivity index (χ4v) is 7.40. The van der Waals surface area contributed by atoms with Gasteiger partial charge in [0, 0.05) is 30.7 Å². The van der Waals surface area contributed by atoms with Crippen molar-refractivity contribution in [2.45, 2.75) is 123 Å². The molecule has 4 atom stereocenters. The number of ketones is 2. The summed E-state index contributed by atoms with van der Waals surface area (Å²) in [5.41, 5.74) is 7.16. The van der Waals surface area contributed by atoms with Crippen molar-refractivity contribution >= 4 is 35.1 Å². The maximum atomic E-state index is 14.5. The Balaban J connectivity index is 1.63. The second-order valence-electron chi connectivity index (χ2n) is 14.7. The zero-order chi connectivity index (χ0) is 34.7. The molecule has 11 heteroatoms. The second-order valence-corrected chi connectivity index (χ2v) is 14.7. The molecule has 1 aromatic carbocycles. The molecular weight excluding hydrogens is 602 g/mol. The van der Waals surface area contributed by atoms with E-state index in [1.165, 1.54) is 4.90 Å². The molecule has 0 radical (unpaired) electrons. The molecular formula is C36H51N3O8. The number of hydrogen-bond acceptors (Lipinski definition) is 9. The lowest BCUT2D eigenvalue weighted by molar-refractivity contribution is -0.156. The van der Waals surface area contributed by atoms with Crippen LogP contribution in [0.5, 0.6) is 5.75 Å². The molecule has 11 nitrogen and oxygen atoms in total. The lowest BCUT2D eigenvalue weighted by Gasteiger charge is -2.35. The number of ether oxygens (including phenoxy) is 2. The Morgan fingerprint density at radius 3 is 2.28 bits per heavy atom. The standard InChI is InChI=1S/C36H51N3O8/c1-8-11-23(31(42)33(37)43)16-29(40)28-19-36(18-27(38-47-36)24-14-21(2)32(45-7)22(3)15-24)20-39(28)34(44)26(35(4,5)6)17-30(41)46-25-12-9-10-13-25/h14-15,23,25-26,28H,8-13,16-20H2,1-7H3,(H2,37,43)/t23-,26-,28+,36-/m1/s1. The second kappa shape index (κ2) is 14.6. The van der Waals surface area contributed by atoms with Crippen molar-refractivity contribution in [1.29, 1.82) is 0 Å². The van der Waals surface area contributed by atoms with E-state index in [-0.39, 0.29) is 43.6 Å². The third kappa shape index (κ3) is 8.22. The lowest BCUT2D eigenvalue weighted by atomic mass is 9.77. The minimum atomic E-state index is -1.08. The van der Waals surface area contributed by atoms with Gasteiger partial charge in [0.15, 0.2) is 11.4 Å². The van der Waals surface area contributed by atoms with Crippen molar-refractivity contribution in [3.8, 4) is 5.75 Å². The van der Waals surface area contributed by atoms with Crippen LogP contribution in [0.25, 0.3) is 0 Å². The summed E-state index contributed by atoms with van der Waals surface area (Å²) in [6.07, 6.45) is 4.59. The number of aryl methyl sites for hydroxylation is 2. The Kier molecular flexibility index (Phi) is 11.2. The van der Waals surface area contributed by atoms with Crippen LogP contribution in [0.15, 0.2) is 17.3 Å². The molecule has 0 unspecified atom stereocenters. The van der Waals surface area contributed by atoms with E-state index >= 15 is 0 Å². The highest BCUT2D eigenvalue weighted by atomic mass is 16.7. The summed E-state index contributed by atoms with van der Waals surface area (Å²) in [6, 6.07) is 3.01. The first-order chi connectivity index (χ1) is 22.1. The van der Waals surface area contributed by atoms with Crippen LogP contribution in [0.3, 0.4) is 0 Å². The van der Waals surface area contributed by atoms with Crippen LogP contribution in [-0.4, -0.2) is 71.4 Å². The highest BCUT2D eigenvalue weighted by molar-refractivity contribution is 6.36. The molecule has 2 N–H and O–H groups in total. The quantitative estimate of drug-likeness (QED) is 0.236. The van der Waals surface area contributed by atoms with E-state index in [0.29, 0.717) is 25.0 Å². The molecule has 2 heterocycles. The summed E-state index contributed by atoms with van der Waals surface area (Å²) in [5, 5.41) is 4.44. The van der Waals surface area contributed by atoms with Gasteiger partial charge < -0.3 is 24.9 Å². The molecule has 1 saturated heterocycles. The van der Waals surface area contributed by atoms with Gasteiger partial charge in [-0.2, -0.15) is 0 Å². The molecule has 47 heavy (non-hydrogen) atoms. The number of Topliss-reactive ketones (excluding diaryl/α,β-unsaturated/α-hetero) is 2. The molecule has 258 valence electrons. The molecule has 2 fully saturated rings. The van der Waals surface area contributed by atoms with Crippen LogP contribution >= 0.6 is 0 Å². The first-order valence-corrected chi connectivity index (χ1v) is 16.9. The number of oxime groups is 1. The normalized spacial score (nSPS) is 22.5. The first kappa shape index (κ1) is 36.1. The average molecular weight is 654 g/mol. The summed E-state index contributed by atoms with van der Waals surface area (Å²) in [6.45, 7) is 11.5. The Morgan fingerprint density at radius 2 is 1.72 bits per heavy atom. The van der Waals surface area contributed by atoms with Crippen molar-refractivity contribution in [1.82, 2.24) is 4.90 Å². The fourth-order valence-electron chi connectivity index (χ4n) is 7.40. The van der Waals surface area contributed by atoms with Gasteiger partial charge in [-0.25, -0.2) is 0 Å². The van der Waals surface area contributed by atoms with Crippen molar-refractivity contribution in [2.24, 2.45) is 28.1 Å². The highest BCUT2D eigenvalue weighted by Crippen LogP contribution is 2.43. The predicted octanol–water partition coefficient (Wildman–Crippen LogP) is 4.74. The zero-order valence-electron chi connectivity index (χ0n) is 29.0. The molecule has 1 spiro atoms. The lowest BCUT2D eigenvalue weighted by Crippen LogP contribution is -2.48. The Hall–Kier alpha value is -3.76. The molecule has 1 aliphatic carbocycles. The number of nitrogens with zero attached hydrogens (tertiary/aromatic N) is 2. The number of nitrogens with two attached hydrogens (primary N) is 1. The number of carbonyl (C=O) groups excluding carboxylic acids is 5. The number of esters is 1. The minimum Gasteiger partial charge on any atom is -0.496 e. The van der Waals surface area contributed by atoms with Gasteiger partial charge in [-0.3, -0.25) is 24.0 Å². The number of methoxy groups -OCH3 is 1. The van der Waals surface area contributed by atoms with Crippen molar-refractivity contribution in [3.63, 3.8) is 0 Å². The number of primary amides is 1. The summed E-state index contributed by atoms with van der Waals surface area (Å²) in [4.78, 5) is 73.7. The maximum absolute atomic E-state index is 14.5. The van der Waals surface area contributed by atoms with Gasteiger partial charge in [0.1, 0.15) is 11.9 Å². The zero-order valence-corrected chi connectivity index (χ0v) is 29.0. The van der Waals surface area contributed by atoms with E-state index in [0.717, 1.165) is 48.1 Å². The number of amides is 2. The first-order valence-electron chi connectivity index (χ1n) is 16.9. The highest BCUT2D eigenvalue weighted by Gasteiger charge is 2.55. The van der Waals surface area contributed by atoms with Gasteiger partial charge in [0.05, 0.1) is 37.7 Å². The monoisotopic (exact) mass is 653 g/mol. The molecule has 2 amide bonds. The predicted molar refractivity (Wildman–Crippen MR) is 176 cm³/mol. The van der Waals surface area contributed by atoms with Gasteiger partial charge in [-0.05, 0) is 74.6 Å². The number of likely N-dealkylation sites (tertiary alicyclic amines) is 1. The number of carbonyl (C=O) groups is 5. The summed E-state index contributed by atoms with van der Waals surface area (Å²) >= 11 is 0. The van der Waals surface area contributed by atoms with Crippen LogP contribution in [-0.2, 0) is 33.5 Å². The molecule has 0 aromatic heterocycles. The molecule has 1 aromatic rings. The Morgan fingerprint density at radius 1 is 1.09 bits per heavy atom. The SMILES string of the molecule is CCC[C@H](CC(=O)[C@@H]1C[C@]2(CC(c3cc(C)c(OC)c(C)c3)=NO2)CN1C(=O)[C@@H](CC(=O)OC1CCCC1)C(C)(C)C)C(=O)C(N)=O. The van der Waals surface area contributed by atoms with E-state index < -0.39 is 46.6 Å². The van der Waals surface area contributed by atoms with Crippen molar-refractivity contribution in [2.75, 3.05) is 13.7 Å². The van der Waals surface area contributed by atoms with Crippen LogP contribution in [0.2, 0.25) is 0 Å². The fraction of sp³-hybridized carbons (Fsp3) is 0.667. The average Bonchev–Trinajstić information content (AvgIpc) is 3.75. The van der Waals surface area contributed by atoms with Gasteiger partial charge in [0.25, 0.3) is 5.91 Å². The summed E-state index contributed by atoms with van der Waals surface area (Å²) in [7, 11) is 1.63. The third-order valence-corrected chi connectivity index (χ3v) is 9.90. The van der Waals surface area contributed by atoms with Crippen molar-refractivity contribution in [3.05, 3.63) is 28.8 Å². The van der Waals surface area contributed by atoms with E-state index in [9.17, 15) is 24.0 Å². The smallest absolute Gasteiger partial charge is 0.306 e. The molecule has 3 aliphatic rings. The van der Waals surface area contributed by atoms with E-state index in [4.69, 9.17) is 20.0 Å². The third-order valence-electron chi connectivity index (χ3n) is 9.90. The molecule has 0 bridgehead atoms. The topological polar surface area (TPSA) is 155 Å².